The van der Waals surface area contributed by atoms with Gasteiger partial charge >= 0.3 is 46.0 Å². The molecule has 0 saturated heterocycles. The van der Waals surface area contributed by atoms with Gasteiger partial charge in [0.25, 0.3) is 0 Å². The van der Waals surface area contributed by atoms with E-state index in [9.17, 15) is 0 Å². The third kappa shape index (κ3) is 9.25. The first-order valence-corrected chi connectivity index (χ1v) is 1.50. The molecule has 29 valence electrons. The van der Waals surface area contributed by atoms with E-state index in [2.05, 4.69) is 0 Å². The van der Waals surface area contributed by atoms with Gasteiger partial charge in [-0.25, -0.2) is 0 Å². The van der Waals surface area contributed by atoms with E-state index in [1.165, 1.54) is 0 Å². The van der Waals surface area contributed by atoms with E-state index in [-0.39, 0.29) is 59.5 Å². The summed E-state index contributed by atoms with van der Waals surface area (Å²) in [5, 5.41) is 0. The van der Waals surface area contributed by atoms with Crippen molar-refractivity contribution >= 4 is 42.5 Å². The van der Waals surface area contributed by atoms with E-state index in [0.29, 0.717) is 0 Å². The Labute approximate surface area is 62.5 Å². The van der Waals surface area contributed by atoms with Crippen LogP contribution in [0.2, 0.25) is 0 Å². The molecule has 0 bridgehead atoms. The maximum absolute atomic E-state index is 8.38. The molecule has 4 heteroatoms. The van der Waals surface area contributed by atoms with Crippen LogP contribution in [0.3, 0.4) is 0 Å². The Morgan fingerprint density at radius 1 is 1.25 bits per heavy atom. The van der Waals surface area contributed by atoms with Gasteiger partial charge < -0.3 is 0 Å². The molecule has 0 aliphatic rings. The van der Waals surface area contributed by atoms with Gasteiger partial charge in [-0.2, -0.15) is 0 Å². The van der Waals surface area contributed by atoms with Crippen molar-refractivity contribution in [1.82, 2.24) is 0 Å². The van der Waals surface area contributed by atoms with Crippen LogP contribution in [0.15, 0.2) is 0 Å². The average Bonchev–Trinajstić information content (AvgIpc) is 1.00. The van der Waals surface area contributed by atoms with Crippen LogP contribution in [0.4, 0.5) is 0 Å². The molecule has 0 aromatic heterocycles. The van der Waals surface area contributed by atoms with E-state index in [0.717, 1.165) is 0 Å². The van der Waals surface area contributed by atoms with Crippen LogP contribution in [0.25, 0.3) is 0 Å². The summed E-state index contributed by atoms with van der Waals surface area (Å²) in [6, 6.07) is 0. The first kappa shape index (κ1) is 17.1. The van der Waals surface area contributed by atoms with Crippen LogP contribution in [-0.4, -0.2) is 42.5 Å². The molecule has 0 aliphatic heterocycles. The fraction of sp³-hybridized carbons (Fsp3) is 0. The second-order valence-corrected chi connectivity index (χ2v) is 0. The Hall–Kier alpha value is 1.75. The van der Waals surface area contributed by atoms with Crippen LogP contribution in [0.5, 0.6) is 0 Å². The number of hydrogen-bond donors (Lipinski definition) is 0. The summed E-state index contributed by atoms with van der Waals surface area (Å²) in [5.74, 6) is 0. The van der Waals surface area contributed by atoms with Gasteiger partial charge in [-0.1, -0.05) is 0 Å². The van der Waals surface area contributed by atoms with Crippen molar-refractivity contribution in [3.63, 3.8) is 0 Å². The first-order chi connectivity index (χ1) is 1.00. The molecule has 1 radical (unpaired) electrons. The van der Waals surface area contributed by atoms with Gasteiger partial charge in [-0.3, -0.25) is 0 Å². The van der Waals surface area contributed by atoms with Crippen LogP contribution >= 0.6 is 0 Å². The molecular formula is H5CuGaOSn. The molecule has 0 rings (SSSR count). The van der Waals surface area contributed by atoms with Gasteiger partial charge in [0.1, 0.15) is 0 Å². The molecule has 0 atom stereocenters. The molecule has 4 heavy (non-hydrogen) atoms. The molecule has 0 aliphatic carbocycles. The molecule has 0 fully saturated rings. The summed E-state index contributed by atoms with van der Waals surface area (Å²) in [5.41, 5.74) is 0. The summed E-state index contributed by atoms with van der Waals surface area (Å²) < 4.78 is 8.38. The third-order valence-corrected chi connectivity index (χ3v) is 0. The van der Waals surface area contributed by atoms with Crippen LogP contribution in [0, 0.1) is 0 Å². The van der Waals surface area contributed by atoms with Gasteiger partial charge in [0.05, 0.1) is 0 Å². The van der Waals surface area contributed by atoms with Gasteiger partial charge in [-0.15, -0.1) is 0 Å². The van der Waals surface area contributed by atoms with Crippen molar-refractivity contribution in [3.05, 3.63) is 0 Å². The monoisotopic (exact) mass is 273 g/mol. The van der Waals surface area contributed by atoms with Gasteiger partial charge in [0, 0.05) is 17.1 Å². The Balaban J connectivity index is -0.00000000500. The second kappa shape index (κ2) is 21.8. The van der Waals surface area contributed by atoms with Gasteiger partial charge in [0.15, 0.2) is 0 Å². The summed E-state index contributed by atoms with van der Waals surface area (Å²) in [6.07, 6.45) is 0. The summed E-state index contributed by atoms with van der Waals surface area (Å²) in [7, 11) is 0. The van der Waals surface area contributed by atoms with Crippen molar-refractivity contribution in [2.45, 2.75) is 0 Å². The molecular weight excluding hydrogens is 268 g/mol. The fourth-order valence-electron chi connectivity index (χ4n) is 0. The minimum absolute atomic E-state index is 0. The minimum atomic E-state index is 0. The topological polar surface area (TPSA) is 17.1 Å². The van der Waals surface area contributed by atoms with Crippen LogP contribution in [-0.2, 0) is 20.6 Å². The zero-order valence-electron chi connectivity index (χ0n) is 1.42. The Morgan fingerprint density at radius 2 is 1.25 bits per heavy atom. The molecule has 0 heterocycles. The standard InChI is InChI=1S/Cu.Ga.O.Sn.5H. The summed E-state index contributed by atoms with van der Waals surface area (Å²) in [6.45, 7) is 0. The number of rotatable bonds is 0. The Bertz CT molecular complexity index is 8.00. The molecule has 0 saturated carbocycles. The average molecular weight is 273 g/mol. The van der Waals surface area contributed by atoms with Crippen molar-refractivity contribution in [2.75, 3.05) is 0 Å². The molecule has 0 spiro atoms. The van der Waals surface area contributed by atoms with Gasteiger partial charge in [0.2, 0.25) is 0 Å². The van der Waals surface area contributed by atoms with E-state index in [4.69, 9.17) is 3.54 Å². The van der Waals surface area contributed by atoms with E-state index in [1.807, 2.05) is 0 Å². The molecule has 0 N–H and O–H groups in total. The molecule has 0 aromatic carbocycles. The molecule has 0 amide bonds. The second-order valence-electron chi connectivity index (χ2n) is 0. The van der Waals surface area contributed by atoms with Crippen molar-refractivity contribution < 1.29 is 20.6 Å². The SMILES string of the molecule is [Cu].[O]=[GaH].[SnH4]. The summed E-state index contributed by atoms with van der Waals surface area (Å²) >= 11 is 0.125. The maximum atomic E-state index is 8.38. The molecule has 1 nitrogen and oxygen atoms in total. The summed E-state index contributed by atoms with van der Waals surface area (Å²) in [4.78, 5) is 0. The van der Waals surface area contributed by atoms with Crippen LogP contribution in [0.1, 0.15) is 0 Å². The van der Waals surface area contributed by atoms with Crippen molar-refractivity contribution in [1.29, 1.82) is 0 Å². The molecule has 0 unspecified atom stereocenters. The Morgan fingerprint density at radius 3 is 1.25 bits per heavy atom. The van der Waals surface area contributed by atoms with E-state index < -0.39 is 0 Å². The quantitative estimate of drug-likeness (QED) is 0.457. The van der Waals surface area contributed by atoms with Crippen molar-refractivity contribution in [2.24, 2.45) is 0 Å². The fourth-order valence-corrected chi connectivity index (χ4v) is 0. The molecule has 0 aromatic rings. The van der Waals surface area contributed by atoms with E-state index in [1.54, 1.807) is 0 Å². The van der Waals surface area contributed by atoms with E-state index >= 15 is 0 Å². The first-order valence-electron chi connectivity index (χ1n) is 0.289. The zero-order valence-corrected chi connectivity index (χ0v) is 5.33. The predicted molar refractivity (Wildman–Crippen MR) is 19.2 cm³/mol. The Kier molecular flexibility index (Phi) is 93.3. The van der Waals surface area contributed by atoms with Crippen LogP contribution < -0.4 is 0 Å². The predicted octanol–water partition coefficient (Wildman–Crippen LogP) is -2.22. The van der Waals surface area contributed by atoms with Gasteiger partial charge in [-0.05, 0) is 0 Å². The third-order valence-electron chi connectivity index (χ3n) is 0. The number of hydrogen-bond acceptors (Lipinski definition) is 1. The normalized spacial score (nSPS) is 0.750. The van der Waals surface area contributed by atoms with Crippen molar-refractivity contribution in [3.8, 4) is 0 Å². The zero-order chi connectivity index (χ0) is 2.00.